The number of rotatable bonds is 2. The van der Waals surface area contributed by atoms with Gasteiger partial charge in [-0.2, -0.15) is 4.98 Å². The van der Waals surface area contributed by atoms with Crippen LogP contribution in [0, 0.1) is 5.92 Å². The first kappa shape index (κ1) is 12.0. The van der Waals surface area contributed by atoms with Crippen LogP contribution in [0.1, 0.15) is 25.3 Å². The van der Waals surface area contributed by atoms with Gasteiger partial charge in [0.05, 0.1) is 6.10 Å². The average molecular weight is 240 g/mol. The molecule has 1 aromatic rings. The average Bonchev–Trinajstić information content (AvgIpc) is 2.30. The molecule has 1 saturated carbocycles. The Balaban J connectivity index is 2.20. The van der Waals surface area contributed by atoms with Gasteiger partial charge in [-0.15, -0.1) is 0 Å². The zero-order valence-corrected chi connectivity index (χ0v) is 9.36. The molecular formula is C10H16N4O3. The molecule has 0 amide bonds. The summed E-state index contributed by atoms with van der Waals surface area (Å²) in [4.78, 5) is 19.0. The number of anilines is 1. The van der Waals surface area contributed by atoms with Crippen LogP contribution in [0.5, 0.6) is 0 Å². The van der Waals surface area contributed by atoms with Crippen LogP contribution in [0.4, 0.5) is 5.95 Å². The second-order valence-electron chi connectivity index (χ2n) is 4.38. The Labute approximate surface area is 97.9 Å². The van der Waals surface area contributed by atoms with Gasteiger partial charge < -0.3 is 15.9 Å². The topological polar surface area (TPSA) is 114 Å². The van der Waals surface area contributed by atoms with Gasteiger partial charge in [-0.3, -0.25) is 4.57 Å². The van der Waals surface area contributed by atoms with Crippen LogP contribution < -0.4 is 11.4 Å². The highest BCUT2D eigenvalue weighted by molar-refractivity contribution is 5.10. The highest BCUT2D eigenvalue weighted by Crippen LogP contribution is 2.31. The molecule has 7 nitrogen and oxygen atoms in total. The van der Waals surface area contributed by atoms with Crippen LogP contribution in [-0.4, -0.2) is 37.5 Å². The Kier molecular flexibility index (Phi) is 3.39. The molecular weight excluding hydrogens is 224 g/mol. The van der Waals surface area contributed by atoms with E-state index >= 15 is 0 Å². The van der Waals surface area contributed by atoms with Gasteiger partial charge in [0.25, 0.3) is 0 Å². The van der Waals surface area contributed by atoms with E-state index in [0.717, 1.165) is 0 Å². The molecule has 1 aromatic heterocycles. The minimum absolute atomic E-state index is 0.0409. The number of aliphatic hydroxyl groups excluding tert-OH is 2. The molecule has 1 unspecified atom stereocenters. The van der Waals surface area contributed by atoms with Crippen molar-refractivity contribution in [3.63, 3.8) is 0 Å². The highest BCUT2D eigenvalue weighted by atomic mass is 16.3. The second kappa shape index (κ2) is 4.80. The van der Waals surface area contributed by atoms with E-state index in [1.165, 1.54) is 10.9 Å². The lowest BCUT2D eigenvalue weighted by Crippen LogP contribution is -2.37. The lowest BCUT2D eigenvalue weighted by Gasteiger charge is -2.32. The molecule has 2 rings (SSSR count). The Morgan fingerprint density at radius 3 is 2.94 bits per heavy atom. The number of aromatic nitrogens is 3. The molecule has 0 aliphatic heterocycles. The fraction of sp³-hybridized carbons (Fsp3) is 0.700. The third-order valence-corrected chi connectivity index (χ3v) is 3.29. The molecule has 1 heterocycles. The summed E-state index contributed by atoms with van der Waals surface area (Å²) in [6, 6.07) is -0.0800. The zero-order valence-electron chi connectivity index (χ0n) is 9.36. The zero-order chi connectivity index (χ0) is 12.4. The van der Waals surface area contributed by atoms with Gasteiger partial charge in [0.2, 0.25) is 5.95 Å². The number of hydrogen-bond donors (Lipinski definition) is 3. The van der Waals surface area contributed by atoms with E-state index in [0.29, 0.717) is 19.3 Å². The van der Waals surface area contributed by atoms with Crippen molar-refractivity contribution in [3.05, 3.63) is 16.8 Å². The Morgan fingerprint density at radius 1 is 1.53 bits per heavy atom. The first-order chi connectivity index (χ1) is 8.11. The summed E-state index contributed by atoms with van der Waals surface area (Å²) < 4.78 is 1.42. The SMILES string of the molecule is Nc1ncn([C@H]2CCC(O)[C@@H](CO)C2)c(=O)n1. The van der Waals surface area contributed by atoms with Crippen molar-refractivity contribution in [2.75, 3.05) is 12.3 Å². The van der Waals surface area contributed by atoms with Crippen molar-refractivity contribution in [3.8, 4) is 0 Å². The molecule has 3 atom stereocenters. The van der Waals surface area contributed by atoms with E-state index in [-0.39, 0.29) is 24.5 Å². The van der Waals surface area contributed by atoms with Crippen LogP contribution in [0.3, 0.4) is 0 Å². The standard InChI is InChI=1S/C10H16N4O3/c11-9-12-5-14(10(17)13-9)7-1-2-8(16)6(3-7)4-15/h5-8,15-16H,1-4H2,(H2,11,13,17)/t6-,7+,8?/m1/s1. The summed E-state index contributed by atoms with van der Waals surface area (Å²) in [5, 5.41) is 18.8. The van der Waals surface area contributed by atoms with Crippen molar-refractivity contribution in [1.82, 2.24) is 14.5 Å². The van der Waals surface area contributed by atoms with Crippen LogP contribution in [0.2, 0.25) is 0 Å². The smallest absolute Gasteiger partial charge is 0.352 e. The van der Waals surface area contributed by atoms with Gasteiger partial charge in [-0.25, -0.2) is 9.78 Å². The van der Waals surface area contributed by atoms with Crippen LogP contribution >= 0.6 is 0 Å². The molecule has 4 N–H and O–H groups in total. The second-order valence-corrected chi connectivity index (χ2v) is 4.38. The van der Waals surface area contributed by atoms with Crippen molar-refractivity contribution >= 4 is 5.95 Å². The van der Waals surface area contributed by atoms with Crippen LogP contribution in [0.15, 0.2) is 11.1 Å². The minimum Gasteiger partial charge on any atom is -0.396 e. The normalized spacial score (nSPS) is 29.2. The summed E-state index contributed by atoms with van der Waals surface area (Å²) in [5.74, 6) is -0.237. The Bertz CT molecular complexity index is 447. The van der Waals surface area contributed by atoms with E-state index in [4.69, 9.17) is 10.8 Å². The summed E-state index contributed by atoms with van der Waals surface area (Å²) in [6.45, 7) is -0.0811. The summed E-state index contributed by atoms with van der Waals surface area (Å²) in [5.41, 5.74) is 4.88. The maximum atomic E-state index is 11.6. The van der Waals surface area contributed by atoms with Crippen molar-refractivity contribution in [2.45, 2.75) is 31.4 Å². The monoisotopic (exact) mass is 240 g/mol. The maximum absolute atomic E-state index is 11.6. The Morgan fingerprint density at radius 2 is 2.29 bits per heavy atom. The maximum Gasteiger partial charge on any atom is 0.352 e. The summed E-state index contributed by atoms with van der Waals surface area (Å²) in [7, 11) is 0. The number of nitrogens with two attached hydrogens (primary N) is 1. The van der Waals surface area contributed by atoms with E-state index in [1.807, 2.05) is 0 Å². The molecule has 0 radical (unpaired) electrons. The lowest BCUT2D eigenvalue weighted by atomic mass is 9.84. The van der Waals surface area contributed by atoms with E-state index in [1.54, 1.807) is 0 Å². The first-order valence-corrected chi connectivity index (χ1v) is 5.61. The number of hydrogen-bond acceptors (Lipinski definition) is 6. The fourth-order valence-corrected chi connectivity index (χ4v) is 2.28. The Hall–Kier alpha value is -1.47. The molecule has 0 bridgehead atoms. The van der Waals surface area contributed by atoms with Gasteiger partial charge in [0.1, 0.15) is 6.33 Å². The molecule has 1 fully saturated rings. The largest absolute Gasteiger partial charge is 0.396 e. The van der Waals surface area contributed by atoms with Crippen molar-refractivity contribution < 1.29 is 10.2 Å². The third-order valence-electron chi connectivity index (χ3n) is 3.29. The predicted molar refractivity (Wildman–Crippen MR) is 60.2 cm³/mol. The molecule has 0 saturated heterocycles. The molecule has 0 aromatic carbocycles. The minimum atomic E-state index is -0.498. The number of aliphatic hydroxyl groups is 2. The molecule has 1 aliphatic carbocycles. The third kappa shape index (κ3) is 2.45. The predicted octanol–water partition coefficient (Wildman–Crippen LogP) is -1.09. The van der Waals surface area contributed by atoms with Crippen molar-refractivity contribution in [1.29, 1.82) is 0 Å². The fourth-order valence-electron chi connectivity index (χ4n) is 2.28. The summed E-state index contributed by atoms with van der Waals surface area (Å²) >= 11 is 0. The van der Waals surface area contributed by atoms with Gasteiger partial charge in [0.15, 0.2) is 0 Å². The van der Waals surface area contributed by atoms with Crippen LogP contribution in [-0.2, 0) is 0 Å². The van der Waals surface area contributed by atoms with Gasteiger partial charge in [-0.05, 0) is 19.3 Å². The first-order valence-electron chi connectivity index (χ1n) is 5.61. The van der Waals surface area contributed by atoms with Crippen molar-refractivity contribution in [2.24, 2.45) is 5.92 Å². The lowest BCUT2D eigenvalue weighted by molar-refractivity contribution is 0.0187. The molecule has 0 spiro atoms. The van der Waals surface area contributed by atoms with Crippen LogP contribution in [0.25, 0.3) is 0 Å². The molecule has 1 aliphatic rings. The number of nitrogen functional groups attached to an aromatic ring is 1. The summed E-state index contributed by atoms with van der Waals surface area (Å²) in [6.07, 6.45) is 2.66. The van der Waals surface area contributed by atoms with E-state index in [2.05, 4.69) is 9.97 Å². The molecule has 94 valence electrons. The van der Waals surface area contributed by atoms with Gasteiger partial charge >= 0.3 is 5.69 Å². The number of nitrogens with zero attached hydrogens (tertiary/aromatic N) is 3. The quantitative estimate of drug-likeness (QED) is 0.605. The molecule has 17 heavy (non-hydrogen) atoms. The van der Waals surface area contributed by atoms with E-state index < -0.39 is 11.8 Å². The highest BCUT2D eigenvalue weighted by Gasteiger charge is 2.30. The van der Waals surface area contributed by atoms with E-state index in [9.17, 15) is 9.90 Å². The molecule has 7 heteroatoms. The van der Waals surface area contributed by atoms with Gasteiger partial charge in [0, 0.05) is 18.6 Å². The van der Waals surface area contributed by atoms with Gasteiger partial charge in [-0.1, -0.05) is 0 Å².